The summed E-state index contributed by atoms with van der Waals surface area (Å²) in [7, 11) is 2.29. The van der Waals surface area contributed by atoms with Gasteiger partial charge < -0.3 is 10.0 Å². The molecule has 0 fully saturated rings. The van der Waals surface area contributed by atoms with Crippen LogP contribution in [0.4, 0.5) is 26.3 Å². The SMILES string of the molecule is CN(C)CC(O)(CC(F)(F)F)C(F)(F)F.[Co]. The number of aliphatic hydroxyl groups is 1. The molecule has 1 unspecified atom stereocenters. The molecule has 0 heterocycles. The van der Waals surface area contributed by atoms with Crippen molar-refractivity contribution < 1.29 is 48.2 Å². The molecule has 0 amide bonds. The van der Waals surface area contributed by atoms with Gasteiger partial charge in [-0.1, -0.05) is 0 Å². The summed E-state index contributed by atoms with van der Waals surface area (Å²) in [6.45, 7) is -1.13. The number of likely N-dealkylation sites (N-methyl/N-ethyl adjacent to an activating group) is 1. The van der Waals surface area contributed by atoms with Crippen molar-refractivity contribution in [3.8, 4) is 0 Å². The third-order valence-corrected chi connectivity index (χ3v) is 1.60. The van der Waals surface area contributed by atoms with Crippen LogP contribution in [0.5, 0.6) is 0 Å². The predicted molar refractivity (Wildman–Crippen MR) is 40.2 cm³/mol. The molecule has 0 bridgehead atoms. The van der Waals surface area contributed by atoms with E-state index in [0.29, 0.717) is 0 Å². The molecule has 0 aliphatic carbocycles. The van der Waals surface area contributed by atoms with E-state index in [1.807, 2.05) is 0 Å². The van der Waals surface area contributed by atoms with Gasteiger partial charge in [-0.15, -0.1) is 0 Å². The molecule has 9 heteroatoms. The molecule has 1 N–H and O–H groups in total. The first kappa shape index (κ1) is 18.4. The Morgan fingerprint density at radius 2 is 1.38 bits per heavy atom. The van der Waals surface area contributed by atoms with E-state index in [9.17, 15) is 26.3 Å². The molecular formula is C7H11CoF6NO. The minimum absolute atomic E-state index is 0. The van der Waals surface area contributed by atoms with Crippen LogP contribution in [0.15, 0.2) is 0 Å². The predicted octanol–water partition coefficient (Wildman–Crippen LogP) is 1.79. The van der Waals surface area contributed by atoms with Crippen molar-refractivity contribution in [2.45, 2.75) is 24.4 Å². The fourth-order valence-corrected chi connectivity index (χ4v) is 1.10. The van der Waals surface area contributed by atoms with Crippen LogP contribution >= 0.6 is 0 Å². The quantitative estimate of drug-likeness (QED) is 0.803. The van der Waals surface area contributed by atoms with Crippen molar-refractivity contribution in [1.29, 1.82) is 0 Å². The molecule has 0 saturated carbocycles. The van der Waals surface area contributed by atoms with Crippen LogP contribution in [0.25, 0.3) is 0 Å². The van der Waals surface area contributed by atoms with E-state index in [1.54, 1.807) is 0 Å². The maximum absolute atomic E-state index is 12.2. The number of hydrogen-bond donors (Lipinski definition) is 1. The Morgan fingerprint density at radius 3 is 1.56 bits per heavy atom. The van der Waals surface area contributed by atoms with Crippen LogP contribution in [0.3, 0.4) is 0 Å². The topological polar surface area (TPSA) is 23.5 Å². The summed E-state index contributed by atoms with van der Waals surface area (Å²) in [4.78, 5) is 0.846. The van der Waals surface area contributed by atoms with Crippen LogP contribution in [-0.2, 0) is 16.8 Å². The van der Waals surface area contributed by atoms with Gasteiger partial charge in [0, 0.05) is 23.3 Å². The Labute approximate surface area is 98.8 Å². The van der Waals surface area contributed by atoms with E-state index in [4.69, 9.17) is 5.11 Å². The van der Waals surface area contributed by atoms with Gasteiger partial charge in [-0.25, -0.2) is 0 Å². The van der Waals surface area contributed by atoms with Crippen LogP contribution < -0.4 is 0 Å². The second-order valence-corrected chi connectivity index (χ2v) is 3.56. The smallest absolute Gasteiger partial charge is 0.379 e. The number of rotatable bonds is 3. The van der Waals surface area contributed by atoms with Gasteiger partial charge >= 0.3 is 12.4 Å². The molecule has 16 heavy (non-hydrogen) atoms. The van der Waals surface area contributed by atoms with Gasteiger partial charge in [-0.05, 0) is 14.1 Å². The van der Waals surface area contributed by atoms with Crippen LogP contribution in [-0.4, -0.2) is 48.6 Å². The van der Waals surface area contributed by atoms with E-state index in [2.05, 4.69) is 0 Å². The zero-order valence-electron chi connectivity index (χ0n) is 8.41. The molecule has 0 saturated heterocycles. The largest absolute Gasteiger partial charge is 0.418 e. The third-order valence-electron chi connectivity index (χ3n) is 1.60. The van der Waals surface area contributed by atoms with Crippen molar-refractivity contribution in [3.63, 3.8) is 0 Å². The van der Waals surface area contributed by atoms with Crippen LogP contribution in [0, 0.1) is 0 Å². The van der Waals surface area contributed by atoms with E-state index < -0.39 is 30.9 Å². The molecular weight excluding hydrogens is 287 g/mol. The number of nitrogens with zero attached hydrogens (tertiary/aromatic N) is 1. The Morgan fingerprint density at radius 1 is 1.00 bits per heavy atom. The van der Waals surface area contributed by atoms with Gasteiger partial charge in [0.05, 0.1) is 6.42 Å². The van der Waals surface area contributed by atoms with Crippen molar-refractivity contribution in [2.75, 3.05) is 20.6 Å². The van der Waals surface area contributed by atoms with Gasteiger partial charge in [-0.2, -0.15) is 26.3 Å². The summed E-state index contributed by atoms with van der Waals surface area (Å²) in [5.74, 6) is 0. The summed E-state index contributed by atoms with van der Waals surface area (Å²) in [5.41, 5.74) is -3.76. The van der Waals surface area contributed by atoms with E-state index in [0.717, 1.165) is 19.0 Å². The fraction of sp³-hybridized carbons (Fsp3) is 1.00. The molecule has 0 aliphatic heterocycles. The zero-order valence-corrected chi connectivity index (χ0v) is 9.45. The standard InChI is InChI=1S/C7H11F6NO.Co/c1-14(2)4-5(15,7(11,12)13)3-6(8,9)10;/h15H,3-4H2,1-2H3;. The Hall–Kier alpha value is 0.00649. The zero-order chi connectivity index (χ0) is 12.5. The Kier molecular flexibility index (Phi) is 6.39. The van der Waals surface area contributed by atoms with Crippen LogP contribution in [0.1, 0.15) is 6.42 Å². The molecule has 101 valence electrons. The summed E-state index contributed by atoms with van der Waals surface area (Å²) >= 11 is 0. The molecule has 2 nitrogen and oxygen atoms in total. The van der Waals surface area contributed by atoms with Gasteiger partial charge in [0.2, 0.25) is 0 Å². The van der Waals surface area contributed by atoms with Crippen molar-refractivity contribution in [1.82, 2.24) is 4.90 Å². The first-order valence-corrected chi connectivity index (χ1v) is 3.88. The fourth-order valence-electron chi connectivity index (χ4n) is 1.10. The third kappa shape index (κ3) is 5.92. The van der Waals surface area contributed by atoms with Crippen molar-refractivity contribution in [3.05, 3.63) is 0 Å². The summed E-state index contributed by atoms with van der Waals surface area (Å²) in [6, 6.07) is 0. The molecule has 0 spiro atoms. The van der Waals surface area contributed by atoms with Crippen molar-refractivity contribution >= 4 is 0 Å². The number of halogens is 6. The van der Waals surface area contributed by atoms with Gasteiger partial charge in [0.25, 0.3) is 0 Å². The first-order valence-electron chi connectivity index (χ1n) is 3.88. The average molecular weight is 298 g/mol. The second kappa shape index (κ2) is 5.56. The van der Waals surface area contributed by atoms with Gasteiger partial charge in [0.15, 0.2) is 5.60 Å². The minimum atomic E-state index is -5.31. The molecule has 0 rings (SSSR count). The van der Waals surface area contributed by atoms with E-state index in [1.165, 1.54) is 0 Å². The van der Waals surface area contributed by atoms with Gasteiger partial charge in [0.1, 0.15) is 0 Å². The normalized spacial score (nSPS) is 16.9. The number of hydrogen-bond acceptors (Lipinski definition) is 2. The Balaban J connectivity index is 0. The minimum Gasteiger partial charge on any atom is -0.379 e. The van der Waals surface area contributed by atoms with Crippen molar-refractivity contribution in [2.24, 2.45) is 0 Å². The van der Waals surface area contributed by atoms with Crippen LogP contribution in [0.2, 0.25) is 0 Å². The molecule has 0 aromatic carbocycles. The average Bonchev–Trinajstić information content (AvgIpc) is 1.75. The monoisotopic (exact) mass is 298 g/mol. The van der Waals surface area contributed by atoms with Gasteiger partial charge in [-0.3, -0.25) is 0 Å². The number of alkyl halides is 6. The summed E-state index contributed by atoms with van der Waals surface area (Å²) in [6.07, 6.45) is -12.7. The first-order chi connectivity index (χ1) is 6.37. The molecule has 0 aliphatic rings. The van der Waals surface area contributed by atoms with E-state index in [-0.39, 0.29) is 16.8 Å². The summed E-state index contributed by atoms with van der Waals surface area (Å²) in [5, 5.41) is 8.97. The Bertz CT molecular complexity index is 216. The molecule has 1 atom stereocenters. The molecule has 0 aromatic rings. The maximum Gasteiger partial charge on any atom is 0.418 e. The second-order valence-electron chi connectivity index (χ2n) is 3.56. The molecule has 1 radical (unpaired) electrons. The summed E-state index contributed by atoms with van der Waals surface area (Å²) < 4.78 is 72.2. The maximum atomic E-state index is 12.2. The molecule has 0 aromatic heterocycles. The van der Waals surface area contributed by atoms with E-state index >= 15 is 0 Å².